The zero-order chi connectivity index (χ0) is 18.7. The summed E-state index contributed by atoms with van der Waals surface area (Å²) < 4.78 is 13.4. The van der Waals surface area contributed by atoms with Crippen molar-refractivity contribution in [2.45, 2.75) is 19.9 Å². The third-order valence-electron chi connectivity index (χ3n) is 4.34. The molecule has 1 saturated heterocycles. The van der Waals surface area contributed by atoms with E-state index in [1.807, 2.05) is 11.8 Å². The molecule has 1 fully saturated rings. The molecule has 2 amide bonds. The van der Waals surface area contributed by atoms with Gasteiger partial charge in [-0.3, -0.25) is 9.59 Å². The van der Waals surface area contributed by atoms with Gasteiger partial charge in [-0.1, -0.05) is 12.1 Å². The van der Waals surface area contributed by atoms with Gasteiger partial charge in [-0.2, -0.15) is 4.39 Å². The Labute approximate surface area is 151 Å². The fourth-order valence-corrected chi connectivity index (χ4v) is 3.16. The smallest absolute Gasteiger partial charge is 0.254 e. The zero-order valence-electron chi connectivity index (χ0n) is 14.8. The molecule has 1 aliphatic rings. The number of pyridine rings is 1. The Hall–Kier alpha value is -2.96. The third-order valence-corrected chi connectivity index (χ3v) is 4.34. The van der Waals surface area contributed by atoms with Gasteiger partial charge in [0.1, 0.15) is 5.82 Å². The van der Waals surface area contributed by atoms with Crippen LogP contribution >= 0.6 is 0 Å². The van der Waals surface area contributed by atoms with Gasteiger partial charge in [0.25, 0.3) is 5.91 Å². The van der Waals surface area contributed by atoms with Gasteiger partial charge in [-0.05, 0) is 37.3 Å². The largest absolute Gasteiger partial charge is 0.350 e. The summed E-state index contributed by atoms with van der Waals surface area (Å²) in [6, 6.07) is 11.6. The van der Waals surface area contributed by atoms with E-state index >= 15 is 0 Å². The summed E-state index contributed by atoms with van der Waals surface area (Å²) in [4.78, 5) is 31.7. The van der Waals surface area contributed by atoms with Crippen molar-refractivity contribution in [3.05, 3.63) is 54.0 Å². The molecule has 0 spiro atoms. The van der Waals surface area contributed by atoms with Crippen molar-refractivity contribution in [3.8, 4) is 0 Å². The number of hydrogen-bond donors (Lipinski definition) is 1. The van der Waals surface area contributed by atoms with Crippen molar-refractivity contribution in [2.24, 2.45) is 0 Å². The Morgan fingerprint density at radius 2 is 1.96 bits per heavy atom. The molecule has 0 saturated carbocycles. The van der Waals surface area contributed by atoms with Gasteiger partial charge < -0.3 is 15.1 Å². The maximum absolute atomic E-state index is 13.4. The molecular formula is C19H21FN4O2. The molecule has 2 heterocycles. The van der Waals surface area contributed by atoms with Gasteiger partial charge in [0.15, 0.2) is 0 Å². The van der Waals surface area contributed by atoms with E-state index in [-0.39, 0.29) is 17.9 Å². The first-order valence-corrected chi connectivity index (χ1v) is 8.50. The molecule has 0 radical (unpaired) electrons. The molecule has 1 unspecified atom stereocenters. The number of rotatable bonds is 3. The summed E-state index contributed by atoms with van der Waals surface area (Å²) in [5.41, 5.74) is 1.12. The Balaban J connectivity index is 1.70. The summed E-state index contributed by atoms with van der Waals surface area (Å²) in [5, 5.41) is 2.68. The van der Waals surface area contributed by atoms with Crippen LogP contribution in [0.2, 0.25) is 0 Å². The van der Waals surface area contributed by atoms with Crippen LogP contribution in [0.5, 0.6) is 0 Å². The second-order valence-corrected chi connectivity index (χ2v) is 6.37. The minimum atomic E-state index is -0.511. The van der Waals surface area contributed by atoms with Crippen molar-refractivity contribution in [1.29, 1.82) is 0 Å². The Morgan fingerprint density at radius 1 is 1.19 bits per heavy atom. The molecule has 1 aromatic carbocycles. The summed E-state index contributed by atoms with van der Waals surface area (Å²) in [7, 11) is 0. The first kappa shape index (κ1) is 17.8. The maximum Gasteiger partial charge on any atom is 0.254 e. The van der Waals surface area contributed by atoms with E-state index in [1.54, 1.807) is 41.3 Å². The average Bonchev–Trinajstić information content (AvgIpc) is 2.60. The SMILES string of the molecule is CC(=O)Nc1cccc(C(=O)N2CCN(c3cccc(F)n3)C(C)C2)c1. The quantitative estimate of drug-likeness (QED) is 0.859. The van der Waals surface area contributed by atoms with Crippen LogP contribution < -0.4 is 10.2 Å². The first-order chi connectivity index (χ1) is 12.4. The topological polar surface area (TPSA) is 65.5 Å². The van der Waals surface area contributed by atoms with E-state index < -0.39 is 5.95 Å². The summed E-state index contributed by atoms with van der Waals surface area (Å²) >= 11 is 0. The number of benzene rings is 1. The Morgan fingerprint density at radius 3 is 2.65 bits per heavy atom. The number of halogens is 1. The Bertz CT molecular complexity index is 827. The first-order valence-electron chi connectivity index (χ1n) is 8.50. The molecule has 0 aliphatic carbocycles. The second-order valence-electron chi connectivity index (χ2n) is 6.37. The van der Waals surface area contributed by atoms with Gasteiger partial charge in [0.05, 0.1) is 0 Å². The predicted molar refractivity (Wildman–Crippen MR) is 97.7 cm³/mol. The number of piperazine rings is 1. The van der Waals surface area contributed by atoms with Crippen molar-refractivity contribution in [3.63, 3.8) is 0 Å². The lowest BCUT2D eigenvalue weighted by molar-refractivity contribution is -0.114. The second kappa shape index (κ2) is 7.51. The molecule has 0 bridgehead atoms. The van der Waals surface area contributed by atoms with Crippen LogP contribution in [0.4, 0.5) is 15.9 Å². The van der Waals surface area contributed by atoms with Crippen molar-refractivity contribution < 1.29 is 14.0 Å². The highest BCUT2D eigenvalue weighted by atomic mass is 19.1. The average molecular weight is 356 g/mol. The minimum absolute atomic E-state index is 0.0144. The molecule has 1 atom stereocenters. The molecule has 1 N–H and O–H groups in total. The van der Waals surface area contributed by atoms with Crippen LogP contribution in [0.1, 0.15) is 24.2 Å². The van der Waals surface area contributed by atoms with E-state index in [4.69, 9.17) is 0 Å². The fourth-order valence-electron chi connectivity index (χ4n) is 3.16. The normalized spacial score (nSPS) is 17.1. The van der Waals surface area contributed by atoms with Gasteiger partial charge in [-0.25, -0.2) is 4.98 Å². The Kier molecular flexibility index (Phi) is 5.16. The highest BCUT2D eigenvalue weighted by Gasteiger charge is 2.28. The molecule has 6 nitrogen and oxygen atoms in total. The molecule has 1 aliphatic heterocycles. The molecular weight excluding hydrogens is 335 g/mol. The highest BCUT2D eigenvalue weighted by molar-refractivity contribution is 5.97. The lowest BCUT2D eigenvalue weighted by atomic mass is 10.1. The summed E-state index contributed by atoms with van der Waals surface area (Å²) in [5.74, 6) is -0.199. The molecule has 26 heavy (non-hydrogen) atoms. The fraction of sp³-hybridized carbons (Fsp3) is 0.316. The molecule has 136 valence electrons. The maximum atomic E-state index is 13.4. The third kappa shape index (κ3) is 3.99. The monoisotopic (exact) mass is 356 g/mol. The number of anilines is 2. The summed E-state index contributed by atoms with van der Waals surface area (Å²) in [6.45, 7) is 5.03. The van der Waals surface area contributed by atoms with E-state index in [0.717, 1.165) is 0 Å². The molecule has 3 rings (SSSR count). The minimum Gasteiger partial charge on any atom is -0.350 e. The lowest BCUT2D eigenvalue weighted by Gasteiger charge is -2.40. The number of carbonyl (C=O) groups excluding carboxylic acids is 2. The van der Waals surface area contributed by atoms with Crippen molar-refractivity contribution in [2.75, 3.05) is 29.9 Å². The van der Waals surface area contributed by atoms with Gasteiger partial charge in [-0.15, -0.1) is 0 Å². The van der Waals surface area contributed by atoms with Crippen LogP contribution in [-0.2, 0) is 4.79 Å². The van der Waals surface area contributed by atoms with Crippen LogP contribution in [0.15, 0.2) is 42.5 Å². The predicted octanol–water partition coefficient (Wildman–Crippen LogP) is 2.53. The zero-order valence-corrected chi connectivity index (χ0v) is 14.8. The van der Waals surface area contributed by atoms with Gasteiger partial charge >= 0.3 is 0 Å². The van der Waals surface area contributed by atoms with E-state index in [9.17, 15) is 14.0 Å². The lowest BCUT2D eigenvalue weighted by Crippen LogP contribution is -2.54. The van der Waals surface area contributed by atoms with Crippen LogP contribution in [0.25, 0.3) is 0 Å². The van der Waals surface area contributed by atoms with Gasteiger partial charge in [0, 0.05) is 43.9 Å². The number of aromatic nitrogens is 1. The molecule has 1 aromatic heterocycles. The highest BCUT2D eigenvalue weighted by Crippen LogP contribution is 2.20. The van der Waals surface area contributed by atoms with E-state index in [0.29, 0.717) is 36.7 Å². The number of nitrogens with zero attached hydrogens (tertiary/aromatic N) is 3. The van der Waals surface area contributed by atoms with Crippen LogP contribution in [0.3, 0.4) is 0 Å². The number of hydrogen-bond acceptors (Lipinski definition) is 4. The van der Waals surface area contributed by atoms with Gasteiger partial charge in [0.2, 0.25) is 11.9 Å². The summed E-state index contributed by atoms with van der Waals surface area (Å²) in [6.07, 6.45) is 0. The van der Waals surface area contributed by atoms with Crippen LogP contribution in [0, 0.1) is 5.95 Å². The molecule has 7 heteroatoms. The number of carbonyl (C=O) groups is 2. The standard InChI is InChI=1S/C19H21FN4O2/c1-13-12-23(9-10-24(13)18-8-4-7-17(20)22-18)19(26)15-5-3-6-16(11-15)21-14(2)25/h3-8,11,13H,9-10,12H2,1-2H3,(H,21,25). The van der Waals surface area contributed by atoms with E-state index in [1.165, 1.54) is 13.0 Å². The number of nitrogens with one attached hydrogen (secondary N) is 1. The van der Waals surface area contributed by atoms with Crippen LogP contribution in [-0.4, -0.2) is 47.4 Å². The van der Waals surface area contributed by atoms with Crippen molar-refractivity contribution >= 4 is 23.3 Å². The molecule has 2 aromatic rings. The van der Waals surface area contributed by atoms with E-state index in [2.05, 4.69) is 10.3 Å². The number of amides is 2. The van der Waals surface area contributed by atoms with Crippen molar-refractivity contribution in [1.82, 2.24) is 9.88 Å².